The lowest BCUT2D eigenvalue weighted by molar-refractivity contribution is 1.28. The quantitative estimate of drug-likeness (QED) is 0.0901. The predicted octanol–water partition coefficient (Wildman–Crippen LogP) is 26.2. The third-order valence-electron chi connectivity index (χ3n) is 18.2. The summed E-state index contributed by atoms with van der Waals surface area (Å²) in [6, 6.07) is 145. The molecule has 0 spiro atoms. The number of anilines is 12. The molecule has 0 fully saturated rings. The van der Waals surface area contributed by atoms with Crippen molar-refractivity contribution in [3.63, 3.8) is 0 Å². The largest absolute Gasteiger partial charge is 0.310 e. The molecule has 0 aliphatic rings. The van der Waals surface area contributed by atoms with Crippen LogP contribution in [0.5, 0.6) is 0 Å². The van der Waals surface area contributed by atoms with Crippen LogP contribution in [-0.4, -0.2) is 0 Å². The van der Waals surface area contributed by atoms with Gasteiger partial charge in [0.2, 0.25) is 0 Å². The van der Waals surface area contributed by atoms with E-state index < -0.39 is 0 Å². The van der Waals surface area contributed by atoms with Crippen LogP contribution in [-0.2, 0) is 0 Å². The van der Waals surface area contributed by atoms with Gasteiger partial charge in [0, 0.05) is 68.2 Å². The monoisotopic (exact) mass is 1230 g/mol. The number of benzene rings is 16. The fourth-order valence-corrected chi connectivity index (χ4v) is 13.3. The molecular formula is C92H66N4. The third-order valence-corrected chi connectivity index (χ3v) is 18.2. The molecule has 0 N–H and O–H groups in total. The molecule has 0 aliphatic carbocycles. The third kappa shape index (κ3) is 12.2. The van der Waals surface area contributed by atoms with Gasteiger partial charge >= 0.3 is 0 Å². The van der Waals surface area contributed by atoms with Gasteiger partial charge in [-0.15, -0.1) is 0 Å². The highest BCUT2D eigenvalue weighted by molar-refractivity contribution is 5.96. The van der Waals surface area contributed by atoms with E-state index in [0.29, 0.717) is 0 Å². The standard InChI is InChI=1S/C92H66N4/c1-7-19-67(20-8-1)71-31-47-85(48-32-71)95(86-49-33-72(34-50-86)68-21-9-2-10-22-68)91-61-45-77-63-89(59-43-79(77)65-91)93(81-27-15-5-16-28-81)83-55-39-75(40-56-83)76-41-57-84(58-42-76)94(82-29-17-6-18-30-82)90-60-44-80-66-92(62-46-78(80)64-90)96(87-51-35-73(36-52-87)69-23-11-3-12-24-69)88-53-37-74(38-54-88)70-25-13-4-14-26-70/h1-66H. The molecule has 4 nitrogen and oxygen atoms in total. The van der Waals surface area contributed by atoms with Gasteiger partial charge in [0.15, 0.2) is 0 Å². The highest BCUT2D eigenvalue weighted by Crippen LogP contribution is 2.44. The summed E-state index contributed by atoms with van der Waals surface area (Å²) in [6.45, 7) is 0. The molecule has 16 aromatic carbocycles. The van der Waals surface area contributed by atoms with Crippen LogP contribution < -0.4 is 19.6 Å². The lowest BCUT2D eigenvalue weighted by Gasteiger charge is -2.28. The van der Waals surface area contributed by atoms with Gasteiger partial charge in [-0.3, -0.25) is 0 Å². The van der Waals surface area contributed by atoms with Gasteiger partial charge in [-0.2, -0.15) is 0 Å². The Balaban J connectivity index is 0.677. The van der Waals surface area contributed by atoms with Gasteiger partial charge in [0.05, 0.1) is 0 Å². The second kappa shape index (κ2) is 26.5. The highest BCUT2D eigenvalue weighted by atomic mass is 15.2. The van der Waals surface area contributed by atoms with Crippen molar-refractivity contribution >= 4 is 89.8 Å². The van der Waals surface area contributed by atoms with Crippen LogP contribution in [0, 0.1) is 0 Å². The van der Waals surface area contributed by atoms with Crippen LogP contribution in [0.3, 0.4) is 0 Å². The summed E-state index contributed by atoms with van der Waals surface area (Å²) in [6.07, 6.45) is 0. The van der Waals surface area contributed by atoms with Crippen LogP contribution in [0.1, 0.15) is 0 Å². The molecule has 0 radical (unpaired) electrons. The topological polar surface area (TPSA) is 13.0 Å². The van der Waals surface area contributed by atoms with Crippen LogP contribution in [0.4, 0.5) is 68.2 Å². The second-order valence-corrected chi connectivity index (χ2v) is 24.2. The Labute approximate surface area is 562 Å². The summed E-state index contributed by atoms with van der Waals surface area (Å²) in [7, 11) is 0. The fraction of sp³-hybridized carbons (Fsp3) is 0. The Morgan fingerprint density at radius 1 is 0.104 bits per heavy atom. The molecule has 0 aliphatic heterocycles. The van der Waals surface area contributed by atoms with E-state index in [4.69, 9.17) is 0 Å². The number of rotatable bonds is 17. The average Bonchev–Trinajstić information content (AvgIpc) is 0.861. The molecule has 0 unspecified atom stereocenters. The number of hydrogen-bond acceptors (Lipinski definition) is 4. The van der Waals surface area contributed by atoms with E-state index in [1.807, 2.05) is 0 Å². The number of fused-ring (bicyclic) bond motifs is 2. The minimum absolute atomic E-state index is 1.07. The molecule has 0 saturated heterocycles. The summed E-state index contributed by atoms with van der Waals surface area (Å²) >= 11 is 0. The van der Waals surface area contributed by atoms with E-state index >= 15 is 0 Å². The first kappa shape index (κ1) is 58.3. The minimum atomic E-state index is 1.07. The van der Waals surface area contributed by atoms with Crippen LogP contribution >= 0.6 is 0 Å². The maximum Gasteiger partial charge on any atom is 0.0468 e. The number of hydrogen-bond donors (Lipinski definition) is 0. The summed E-state index contributed by atoms with van der Waals surface area (Å²) in [5.74, 6) is 0. The first-order valence-electron chi connectivity index (χ1n) is 32.8. The van der Waals surface area contributed by atoms with Gasteiger partial charge in [0.1, 0.15) is 0 Å². The second-order valence-electron chi connectivity index (χ2n) is 24.2. The van der Waals surface area contributed by atoms with Crippen LogP contribution in [0.2, 0.25) is 0 Å². The van der Waals surface area contributed by atoms with Gasteiger partial charge in [0.25, 0.3) is 0 Å². The van der Waals surface area contributed by atoms with Crippen molar-refractivity contribution in [1.82, 2.24) is 0 Å². The normalized spacial score (nSPS) is 11.1. The zero-order valence-electron chi connectivity index (χ0n) is 52.9. The molecular weight excluding hydrogens is 1160 g/mol. The van der Waals surface area contributed by atoms with E-state index in [1.165, 1.54) is 44.5 Å². The lowest BCUT2D eigenvalue weighted by Crippen LogP contribution is -2.11. The summed E-state index contributed by atoms with van der Waals surface area (Å²) in [5.41, 5.74) is 24.8. The van der Waals surface area contributed by atoms with Crippen LogP contribution in [0.25, 0.3) is 77.2 Å². The smallest absolute Gasteiger partial charge is 0.0468 e. The Morgan fingerprint density at radius 3 is 0.417 bits per heavy atom. The number of nitrogens with zero attached hydrogens (tertiary/aromatic N) is 4. The van der Waals surface area contributed by atoms with Crippen LogP contribution in [0.15, 0.2) is 400 Å². The SMILES string of the molecule is c1ccc(-c2ccc(N(c3ccc(-c4ccccc4)cc3)c3ccc4cc(N(c5ccccc5)c5ccc(-c6ccc(N(c7ccccc7)c7ccc8cc(N(c9ccc(-c%10ccccc%10)cc9)c9ccc(-c%10ccccc%10)cc9)ccc8c7)cc6)cc5)ccc4c3)cc2)cc1. The first-order valence-corrected chi connectivity index (χ1v) is 32.8. The molecule has 0 saturated carbocycles. The molecule has 96 heavy (non-hydrogen) atoms. The minimum Gasteiger partial charge on any atom is -0.310 e. The summed E-state index contributed by atoms with van der Waals surface area (Å²) in [5, 5.41) is 4.61. The van der Waals surface area contributed by atoms with E-state index in [-0.39, 0.29) is 0 Å². The summed E-state index contributed by atoms with van der Waals surface area (Å²) < 4.78 is 0. The maximum atomic E-state index is 2.36. The predicted molar refractivity (Wildman–Crippen MR) is 407 cm³/mol. The Kier molecular flexibility index (Phi) is 16.1. The van der Waals surface area contributed by atoms with Crippen molar-refractivity contribution in [2.24, 2.45) is 0 Å². The first-order chi connectivity index (χ1) is 47.6. The zero-order valence-corrected chi connectivity index (χ0v) is 52.9. The van der Waals surface area contributed by atoms with E-state index in [2.05, 4.69) is 420 Å². The summed E-state index contributed by atoms with van der Waals surface area (Å²) in [4.78, 5) is 9.41. The molecule has 0 heterocycles. The zero-order chi connectivity index (χ0) is 64.0. The van der Waals surface area contributed by atoms with E-state index in [9.17, 15) is 0 Å². The van der Waals surface area contributed by atoms with E-state index in [0.717, 1.165) is 101 Å². The van der Waals surface area contributed by atoms with Crippen molar-refractivity contribution in [2.45, 2.75) is 0 Å². The molecule has 0 aromatic heterocycles. The highest BCUT2D eigenvalue weighted by Gasteiger charge is 2.20. The molecule has 16 rings (SSSR count). The lowest BCUT2D eigenvalue weighted by atomic mass is 10.0. The van der Waals surface area contributed by atoms with Gasteiger partial charge < -0.3 is 19.6 Å². The average molecular weight is 1230 g/mol. The molecule has 0 amide bonds. The van der Waals surface area contributed by atoms with Crippen molar-refractivity contribution < 1.29 is 0 Å². The maximum absolute atomic E-state index is 2.36. The van der Waals surface area contributed by atoms with Gasteiger partial charge in [-0.05, 0) is 223 Å². The molecule has 4 heteroatoms. The molecule has 454 valence electrons. The Hall–Kier alpha value is -12.8. The Morgan fingerprint density at radius 2 is 0.240 bits per heavy atom. The molecule has 0 bridgehead atoms. The molecule has 0 atom stereocenters. The van der Waals surface area contributed by atoms with Gasteiger partial charge in [-0.1, -0.05) is 255 Å². The van der Waals surface area contributed by atoms with Crippen molar-refractivity contribution in [2.75, 3.05) is 19.6 Å². The van der Waals surface area contributed by atoms with Crippen molar-refractivity contribution in [1.29, 1.82) is 0 Å². The van der Waals surface area contributed by atoms with Gasteiger partial charge in [-0.25, -0.2) is 0 Å². The van der Waals surface area contributed by atoms with Crippen molar-refractivity contribution in [3.8, 4) is 55.6 Å². The Bertz CT molecular complexity index is 4760. The number of para-hydroxylation sites is 2. The molecule has 16 aromatic rings. The van der Waals surface area contributed by atoms with E-state index in [1.54, 1.807) is 0 Å². The fourth-order valence-electron chi connectivity index (χ4n) is 13.3. The van der Waals surface area contributed by atoms with Crippen molar-refractivity contribution in [3.05, 3.63) is 400 Å².